The minimum atomic E-state index is -4.57. The Morgan fingerprint density at radius 3 is 2.62 bits per heavy atom. The maximum absolute atomic E-state index is 13.2. The van der Waals surface area contributed by atoms with Gasteiger partial charge in [-0.2, -0.15) is 13.2 Å². The zero-order valence-corrected chi connectivity index (χ0v) is 16.0. The molecule has 0 bridgehead atoms. The Morgan fingerprint density at radius 2 is 2.03 bits per heavy atom. The van der Waals surface area contributed by atoms with Crippen LogP contribution in [0.15, 0.2) is 29.3 Å². The average Bonchev–Trinajstić information content (AvgIpc) is 3.52. The molecule has 1 heterocycles. The van der Waals surface area contributed by atoms with E-state index in [1.165, 1.54) is 6.07 Å². The SMILES string of the molecule is C[C@]1(c2cccc(NC(=O)C3(C(F)(F)F)CC3)c2)N=C(N)NC(=O)C1CC1CC1. The molecule has 156 valence electrons. The van der Waals surface area contributed by atoms with Crippen LogP contribution in [-0.4, -0.2) is 24.0 Å². The normalized spacial score (nSPS) is 28.3. The van der Waals surface area contributed by atoms with Gasteiger partial charge in [0.2, 0.25) is 11.8 Å². The summed E-state index contributed by atoms with van der Waals surface area (Å²) < 4.78 is 39.6. The predicted octanol–water partition coefficient (Wildman–Crippen LogP) is 3.04. The molecule has 4 N–H and O–H groups in total. The molecule has 2 saturated carbocycles. The minimum absolute atomic E-state index is 0.00740. The van der Waals surface area contributed by atoms with Crippen molar-refractivity contribution in [2.45, 2.75) is 50.7 Å². The summed E-state index contributed by atoms with van der Waals surface area (Å²) in [6, 6.07) is 6.50. The molecular weight excluding hydrogens is 385 g/mol. The van der Waals surface area contributed by atoms with E-state index in [1.54, 1.807) is 25.1 Å². The van der Waals surface area contributed by atoms with E-state index < -0.39 is 29.0 Å². The molecule has 9 heteroatoms. The molecule has 0 aromatic heterocycles. The Morgan fingerprint density at radius 1 is 1.34 bits per heavy atom. The first-order chi connectivity index (χ1) is 13.5. The first kappa shape index (κ1) is 19.7. The van der Waals surface area contributed by atoms with Gasteiger partial charge in [-0.15, -0.1) is 0 Å². The molecule has 2 aliphatic carbocycles. The molecule has 2 atom stereocenters. The van der Waals surface area contributed by atoms with E-state index in [1.807, 2.05) is 0 Å². The van der Waals surface area contributed by atoms with Gasteiger partial charge < -0.3 is 11.1 Å². The van der Waals surface area contributed by atoms with E-state index in [9.17, 15) is 22.8 Å². The maximum Gasteiger partial charge on any atom is 0.403 e. The molecule has 29 heavy (non-hydrogen) atoms. The van der Waals surface area contributed by atoms with Crippen molar-refractivity contribution in [2.24, 2.45) is 28.0 Å². The predicted molar refractivity (Wildman–Crippen MR) is 101 cm³/mol. The molecule has 1 aromatic rings. The van der Waals surface area contributed by atoms with E-state index in [4.69, 9.17) is 5.73 Å². The lowest BCUT2D eigenvalue weighted by Crippen LogP contribution is -2.53. The maximum atomic E-state index is 13.2. The zero-order valence-electron chi connectivity index (χ0n) is 16.0. The van der Waals surface area contributed by atoms with Gasteiger partial charge in [0.25, 0.3) is 0 Å². The molecule has 2 amide bonds. The van der Waals surface area contributed by atoms with Crippen LogP contribution in [0.2, 0.25) is 0 Å². The lowest BCUT2D eigenvalue weighted by Gasteiger charge is -2.37. The van der Waals surface area contributed by atoms with Crippen molar-refractivity contribution in [1.82, 2.24) is 5.32 Å². The molecule has 2 fully saturated rings. The van der Waals surface area contributed by atoms with Gasteiger partial charge in [-0.25, -0.2) is 4.99 Å². The second kappa shape index (κ2) is 6.47. The quantitative estimate of drug-likeness (QED) is 0.699. The van der Waals surface area contributed by atoms with Crippen LogP contribution in [0.1, 0.15) is 44.6 Å². The third-order valence-electron chi connectivity index (χ3n) is 6.30. The summed E-state index contributed by atoms with van der Waals surface area (Å²) >= 11 is 0. The highest BCUT2D eigenvalue weighted by Crippen LogP contribution is 2.58. The summed E-state index contributed by atoms with van der Waals surface area (Å²) in [6.07, 6.45) is -2.19. The number of hydrogen-bond donors (Lipinski definition) is 3. The van der Waals surface area contributed by atoms with Crippen molar-refractivity contribution in [3.63, 3.8) is 0 Å². The molecule has 4 rings (SSSR count). The molecule has 6 nitrogen and oxygen atoms in total. The average molecular weight is 408 g/mol. The van der Waals surface area contributed by atoms with Crippen molar-refractivity contribution in [1.29, 1.82) is 0 Å². The first-order valence-corrected chi connectivity index (χ1v) is 9.70. The molecule has 0 saturated heterocycles. The number of nitrogens with two attached hydrogens (primary N) is 1. The number of alkyl halides is 3. The summed E-state index contributed by atoms with van der Waals surface area (Å²) in [7, 11) is 0. The molecule has 1 aliphatic heterocycles. The van der Waals surface area contributed by atoms with Gasteiger partial charge >= 0.3 is 6.18 Å². The van der Waals surface area contributed by atoms with Crippen molar-refractivity contribution in [2.75, 3.05) is 5.32 Å². The number of benzene rings is 1. The number of anilines is 1. The van der Waals surface area contributed by atoms with E-state index in [0.717, 1.165) is 12.8 Å². The molecular formula is C20H23F3N4O2. The van der Waals surface area contributed by atoms with Crippen LogP contribution in [0.4, 0.5) is 18.9 Å². The van der Waals surface area contributed by atoms with Crippen LogP contribution in [0, 0.1) is 17.3 Å². The summed E-state index contributed by atoms with van der Waals surface area (Å²) in [6.45, 7) is 1.80. The Kier molecular flexibility index (Phi) is 4.40. The lowest BCUT2D eigenvalue weighted by molar-refractivity contribution is -0.189. The molecule has 1 unspecified atom stereocenters. The van der Waals surface area contributed by atoms with E-state index >= 15 is 0 Å². The van der Waals surface area contributed by atoms with Crippen LogP contribution in [0.5, 0.6) is 0 Å². The third kappa shape index (κ3) is 3.47. The number of guanidine groups is 1. The standard InChI is InChI=1S/C20H23F3N4O2/c1-18(14(9-11-5-6-11)15(28)26-17(24)27-18)12-3-2-4-13(10-12)25-16(29)19(7-8-19)20(21,22)23/h2-4,10-11,14H,5-9H2,1H3,(H,25,29)(H3,24,26,27,28)/t14?,18-/m1/s1. The van der Waals surface area contributed by atoms with E-state index in [2.05, 4.69) is 15.6 Å². The fourth-order valence-corrected chi connectivity index (χ4v) is 4.04. The lowest BCUT2D eigenvalue weighted by atomic mass is 9.75. The summed E-state index contributed by atoms with van der Waals surface area (Å²) in [5, 5.41) is 4.97. The van der Waals surface area contributed by atoms with Crippen LogP contribution in [0.25, 0.3) is 0 Å². The first-order valence-electron chi connectivity index (χ1n) is 9.70. The smallest absolute Gasteiger partial charge is 0.370 e. The van der Waals surface area contributed by atoms with Gasteiger partial charge in [0.1, 0.15) is 5.41 Å². The van der Waals surface area contributed by atoms with Crippen molar-refractivity contribution >= 4 is 23.5 Å². The Bertz CT molecular complexity index is 890. The topological polar surface area (TPSA) is 96.6 Å². The number of nitrogens with zero attached hydrogens (tertiary/aromatic N) is 1. The van der Waals surface area contributed by atoms with Gasteiger partial charge in [0.15, 0.2) is 5.96 Å². The zero-order chi connectivity index (χ0) is 21.0. The van der Waals surface area contributed by atoms with Crippen LogP contribution in [0.3, 0.4) is 0 Å². The van der Waals surface area contributed by atoms with Gasteiger partial charge in [0.05, 0.1) is 11.5 Å². The Labute approximate surface area is 166 Å². The highest BCUT2D eigenvalue weighted by molar-refractivity contribution is 6.00. The molecule has 0 radical (unpaired) electrons. The number of carbonyl (C=O) groups excluding carboxylic acids is 2. The van der Waals surface area contributed by atoms with E-state index in [0.29, 0.717) is 17.9 Å². The monoisotopic (exact) mass is 408 g/mol. The van der Waals surface area contributed by atoms with Gasteiger partial charge in [-0.05, 0) is 49.8 Å². The molecule has 3 aliphatic rings. The van der Waals surface area contributed by atoms with Crippen molar-refractivity contribution < 1.29 is 22.8 Å². The second-order valence-corrected chi connectivity index (χ2v) is 8.48. The Balaban J connectivity index is 1.62. The highest BCUT2D eigenvalue weighted by Gasteiger charge is 2.68. The summed E-state index contributed by atoms with van der Waals surface area (Å²) in [5.41, 5.74) is 3.41. The number of halogens is 3. The second-order valence-electron chi connectivity index (χ2n) is 8.48. The fraction of sp³-hybridized carbons (Fsp3) is 0.550. The number of aliphatic imine (C=N–C) groups is 1. The number of carbonyl (C=O) groups is 2. The van der Waals surface area contributed by atoms with Crippen molar-refractivity contribution in [3.05, 3.63) is 29.8 Å². The summed E-state index contributed by atoms with van der Waals surface area (Å²) in [5.74, 6) is -1.24. The van der Waals surface area contributed by atoms with Crippen LogP contribution in [-0.2, 0) is 15.1 Å². The largest absolute Gasteiger partial charge is 0.403 e. The van der Waals surface area contributed by atoms with Gasteiger partial charge in [0, 0.05) is 5.69 Å². The minimum Gasteiger partial charge on any atom is -0.370 e. The Hall–Kier alpha value is -2.58. The number of rotatable bonds is 5. The van der Waals surface area contributed by atoms with Gasteiger partial charge in [-0.1, -0.05) is 25.0 Å². The van der Waals surface area contributed by atoms with E-state index in [-0.39, 0.29) is 30.4 Å². The van der Waals surface area contributed by atoms with Gasteiger partial charge in [-0.3, -0.25) is 14.9 Å². The number of nitrogens with one attached hydrogen (secondary N) is 2. The number of hydrogen-bond acceptors (Lipinski definition) is 4. The highest BCUT2D eigenvalue weighted by atomic mass is 19.4. The fourth-order valence-electron chi connectivity index (χ4n) is 4.04. The summed E-state index contributed by atoms with van der Waals surface area (Å²) in [4.78, 5) is 29.4. The van der Waals surface area contributed by atoms with Crippen molar-refractivity contribution in [3.8, 4) is 0 Å². The van der Waals surface area contributed by atoms with Crippen LogP contribution < -0.4 is 16.4 Å². The number of amides is 2. The molecule has 1 aromatic carbocycles. The third-order valence-corrected chi connectivity index (χ3v) is 6.30. The molecule has 0 spiro atoms. The van der Waals surface area contributed by atoms with Crippen LogP contribution >= 0.6 is 0 Å².